The monoisotopic (exact) mass is 275 g/mol. The zero-order valence-electron chi connectivity index (χ0n) is 12.3. The highest BCUT2D eigenvalue weighted by Crippen LogP contribution is 2.35. The molecule has 0 aliphatic heterocycles. The number of nitrogens with zero attached hydrogens (tertiary/aromatic N) is 1. The van der Waals surface area contributed by atoms with Crippen LogP contribution in [0.5, 0.6) is 0 Å². The second kappa shape index (κ2) is 7.44. The number of hydrogen-bond acceptors (Lipinski definition) is 2. The second-order valence-corrected chi connectivity index (χ2v) is 5.88. The molecule has 2 rings (SSSR count). The number of unbranched alkanes of at least 4 members (excludes halogenated alkanes) is 1. The van der Waals surface area contributed by atoms with Crippen molar-refractivity contribution in [3.8, 4) is 0 Å². The number of carboxylic acids is 1. The van der Waals surface area contributed by atoms with Crippen LogP contribution in [-0.4, -0.2) is 28.6 Å². The van der Waals surface area contributed by atoms with Crippen molar-refractivity contribution in [2.24, 2.45) is 5.92 Å². The van der Waals surface area contributed by atoms with Crippen molar-refractivity contribution < 1.29 is 9.90 Å². The number of benzene rings is 1. The Morgan fingerprint density at radius 2 is 2.00 bits per heavy atom. The molecule has 1 atom stereocenters. The van der Waals surface area contributed by atoms with Gasteiger partial charge in [-0.1, -0.05) is 30.3 Å². The topological polar surface area (TPSA) is 40.5 Å². The zero-order valence-corrected chi connectivity index (χ0v) is 12.3. The lowest BCUT2D eigenvalue weighted by molar-refractivity contribution is -0.137. The Balaban J connectivity index is 1.85. The van der Waals surface area contributed by atoms with E-state index in [1.54, 1.807) is 0 Å². The van der Waals surface area contributed by atoms with Crippen molar-refractivity contribution in [2.45, 2.75) is 51.6 Å². The maximum Gasteiger partial charge on any atom is 0.303 e. The van der Waals surface area contributed by atoms with Gasteiger partial charge in [-0.2, -0.15) is 0 Å². The Morgan fingerprint density at radius 3 is 2.60 bits per heavy atom. The minimum Gasteiger partial charge on any atom is -0.481 e. The van der Waals surface area contributed by atoms with E-state index in [0.29, 0.717) is 6.04 Å². The fourth-order valence-corrected chi connectivity index (χ4v) is 2.71. The van der Waals surface area contributed by atoms with Gasteiger partial charge in [-0.05, 0) is 50.6 Å². The molecule has 1 saturated carbocycles. The first-order valence-electron chi connectivity index (χ1n) is 7.66. The number of carboxylic acid groups (broad SMARTS) is 1. The summed E-state index contributed by atoms with van der Waals surface area (Å²) in [6, 6.07) is 11.2. The first-order chi connectivity index (χ1) is 9.66. The summed E-state index contributed by atoms with van der Waals surface area (Å²) in [5.74, 6) is 0.160. The summed E-state index contributed by atoms with van der Waals surface area (Å²) in [5.41, 5.74) is 1.35. The quantitative estimate of drug-likeness (QED) is 0.701. The van der Waals surface area contributed by atoms with Gasteiger partial charge in [0.05, 0.1) is 0 Å². The molecule has 1 N–H and O–H groups in total. The molecule has 0 heterocycles. The second-order valence-electron chi connectivity index (χ2n) is 5.88. The highest BCUT2D eigenvalue weighted by atomic mass is 16.4. The first kappa shape index (κ1) is 15.0. The molecular formula is C17H25NO2. The molecule has 0 saturated heterocycles. The van der Waals surface area contributed by atoms with Crippen LogP contribution in [0.1, 0.15) is 44.6 Å². The SMILES string of the molecule is CC(C1CC1)N(CCCCC(=O)O)Cc1ccccc1. The van der Waals surface area contributed by atoms with Gasteiger partial charge in [0.2, 0.25) is 0 Å². The zero-order chi connectivity index (χ0) is 14.4. The van der Waals surface area contributed by atoms with Gasteiger partial charge in [0.15, 0.2) is 0 Å². The molecule has 0 bridgehead atoms. The Kier molecular flexibility index (Phi) is 5.60. The van der Waals surface area contributed by atoms with Gasteiger partial charge in [-0.3, -0.25) is 9.69 Å². The molecule has 3 heteroatoms. The standard InChI is InChI=1S/C17H25NO2/c1-14(16-10-11-16)18(12-6-5-9-17(19)20)13-15-7-3-2-4-8-15/h2-4,7-8,14,16H,5-6,9-13H2,1H3,(H,19,20). The van der Waals surface area contributed by atoms with Crippen molar-refractivity contribution in [1.29, 1.82) is 0 Å². The fraction of sp³-hybridized carbons (Fsp3) is 0.588. The summed E-state index contributed by atoms with van der Waals surface area (Å²) in [5, 5.41) is 8.71. The Labute approximate surface area is 121 Å². The third kappa shape index (κ3) is 4.97. The van der Waals surface area contributed by atoms with E-state index < -0.39 is 5.97 Å². The molecular weight excluding hydrogens is 250 g/mol. The van der Waals surface area contributed by atoms with Crippen LogP contribution in [0.15, 0.2) is 30.3 Å². The van der Waals surface area contributed by atoms with E-state index in [4.69, 9.17) is 5.11 Å². The number of hydrogen-bond donors (Lipinski definition) is 1. The van der Waals surface area contributed by atoms with E-state index in [9.17, 15) is 4.79 Å². The summed E-state index contributed by atoms with van der Waals surface area (Å²) in [4.78, 5) is 13.1. The molecule has 20 heavy (non-hydrogen) atoms. The van der Waals surface area contributed by atoms with E-state index in [-0.39, 0.29) is 6.42 Å². The maximum atomic E-state index is 10.6. The predicted molar refractivity (Wildman–Crippen MR) is 80.5 cm³/mol. The van der Waals surface area contributed by atoms with Crippen molar-refractivity contribution in [3.63, 3.8) is 0 Å². The molecule has 1 aliphatic carbocycles. The van der Waals surface area contributed by atoms with Crippen LogP contribution in [0.25, 0.3) is 0 Å². The van der Waals surface area contributed by atoms with Gasteiger partial charge in [0.1, 0.15) is 0 Å². The minimum absolute atomic E-state index is 0.289. The highest BCUT2D eigenvalue weighted by molar-refractivity contribution is 5.66. The Hall–Kier alpha value is -1.35. The van der Waals surface area contributed by atoms with E-state index in [0.717, 1.165) is 31.8 Å². The third-order valence-corrected chi connectivity index (χ3v) is 4.19. The van der Waals surface area contributed by atoms with E-state index in [1.165, 1.54) is 18.4 Å². The molecule has 1 fully saturated rings. The Bertz CT molecular complexity index is 414. The average molecular weight is 275 g/mol. The fourth-order valence-electron chi connectivity index (χ4n) is 2.71. The van der Waals surface area contributed by atoms with E-state index in [2.05, 4.69) is 36.1 Å². The molecule has 0 amide bonds. The minimum atomic E-state index is -0.685. The lowest BCUT2D eigenvalue weighted by Crippen LogP contribution is -2.35. The normalized spacial score (nSPS) is 16.3. The average Bonchev–Trinajstić information content (AvgIpc) is 3.27. The molecule has 0 radical (unpaired) electrons. The predicted octanol–water partition coefficient (Wildman–Crippen LogP) is 3.54. The summed E-state index contributed by atoms with van der Waals surface area (Å²) in [7, 11) is 0. The molecule has 1 aromatic carbocycles. The van der Waals surface area contributed by atoms with Gasteiger partial charge < -0.3 is 5.11 Å². The van der Waals surface area contributed by atoms with Crippen molar-refractivity contribution >= 4 is 5.97 Å². The van der Waals surface area contributed by atoms with Crippen LogP contribution in [0, 0.1) is 5.92 Å². The summed E-state index contributed by atoms with van der Waals surface area (Å²) in [6.45, 7) is 4.29. The third-order valence-electron chi connectivity index (χ3n) is 4.19. The van der Waals surface area contributed by atoms with Gasteiger partial charge >= 0.3 is 5.97 Å². The molecule has 0 spiro atoms. The lowest BCUT2D eigenvalue weighted by atomic mass is 10.1. The van der Waals surface area contributed by atoms with Crippen LogP contribution in [-0.2, 0) is 11.3 Å². The van der Waals surface area contributed by atoms with E-state index in [1.807, 2.05) is 6.07 Å². The number of aliphatic carboxylic acids is 1. The van der Waals surface area contributed by atoms with Crippen LogP contribution in [0.2, 0.25) is 0 Å². The van der Waals surface area contributed by atoms with Crippen LogP contribution in [0.4, 0.5) is 0 Å². The van der Waals surface area contributed by atoms with Gasteiger partial charge in [0, 0.05) is 19.0 Å². The summed E-state index contributed by atoms with van der Waals surface area (Å²) < 4.78 is 0. The van der Waals surface area contributed by atoms with E-state index >= 15 is 0 Å². The van der Waals surface area contributed by atoms with Gasteiger partial charge in [0.25, 0.3) is 0 Å². The molecule has 3 nitrogen and oxygen atoms in total. The first-order valence-corrected chi connectivity index (χ1v) is 7.66. The van der Waals surface area contributed by atoms with Gasteiger partial charge in [-0.25, -0.2) is 0 Å². The van der Waals surface area contributed by atoms with Crippen LogP contribution < -0.4 is 0 Å². The summed E-state index contributed by atoms with van der Waals surface area (Å²) in [6.07, 6.45) is 4.73. The smallest absolute Gasteiger partial charge is 0.303 e. The molecule has 1 aromatic rings. The molecule has 0 aromatic heterocycles. The molecule has 1 aliphatic rings. The van der Waals surface area contributed by atoms with Crippen molar-refractivity contribution in [2.75, 3.05) is 6.54 Å². The van der Waals surface area contributed by atoms with Crippen LogP contribution in [0.3, 0.4) is 0 Å². The molecule has 1 unspecified atom stereocenters. The maximum absolute atomic E-state index is 10.6. The highest BCUT2D eigenvalue weighted by Gasteiger charge is 2.31. The van der Waals surface area contributed by atoms with Crippen LogP contribution >= 0.6 is 0 Å². The van der Waals surface area contributed by atoms with Crippen molar-refractivity contribution in [1.82, 2.24) is 4.90 Å². The molecule has 110 valence electrons. The largest absolute Gasteiger partial charge is 0.481 e. The van der Waals surface area contributed by atoms with Gasteiger partial charge in [-0.15, -0.1) is 0 Å². The number of rotatable bonds is 9. The lowest BCUT2D eigenvalue weighted by Gasteiger charge is -2.29. The number of carbonyl (C=O) groups is 1. The van der Waals surface area contributed by atoms with Crippen molar-refractivity contribution in [3.05, 3.63) is 35.9 Å². The Morgan fingerprint density at radius 1 is 1.30 bits per heavy atom. The summed E-state index contributed by atoms with van der Waals surface area (Å²) >= 11 is 0.